The van der Waals surface area contributed by atoms with E-state index in [1.165, 1.54) is 22.4 Å². The van der Waals surface area contributed by atoms with Crippen molar-refractivity contribution >= 4 is 11.6 Å². The predicted molar refractivity (Wildman–Crippen MR) is 150 cm³/mol. The standard InChI is InChI=1S/C31H35N5O/c1-23-12-14-26(15-13-23)30-20-27(33-36(30)28-9-5-4-6-10-28)21-32-31(37)22-34-16-18-35(19-17-34)29-11-7-8-24(2)25(29)3/h4-15,20H,16-19,21-22H2,1-3H3,(H,32,37). The largest absolute Gasteiger partial charge is 0.369 e. The molecule has 5 rings (SSSR count). The number of anilines is 1. The van der Waals surface area contributed by atoms with Gasteiger partial charge in [-0.15, -0.1) is 0 Å². The molecule has 6 nitrogen and oxygen atoms in total. The van der Waals surface area contributed by atoms with Gasteiger partial charge in [0.05, 0.1) is 30.2 Å². The zero-order valence-corrected chi connectivity index (χ0v) is 21.9. The number of carbonyl (C=O) groups is 1. The quantitative estimate of drug-likeness (QED) is 0.398. The van der Waals surface area contributed by atoms with Gasteiger partial charge in [-0.3, -0.25) is 9.69 Å². The summed E-state index contributed by atoms with van der Waals surface area (Å²) < 4.78 is 1.96. The molecular formula is C31H35N5O. The fraction of sp³-hybridized carbons (Fsp3) is 0.290. The van der Waals surface area contributed by atoms with Crippen LogP contribution in [0.2, 0.25) is 0 Å². The number of rotatable bonds is 7. The molecule has 190 valence electrons. The lowest BCUT2D eigenvalue weighted by Crippen LogP contribution is -2.49. The minimum Gasteiger partial charge on any atom is -0.369 e. The molecule has 1 amide bonds. The van der Waals surface area contributed by atoms with E-state index < -0.39 is 0 Å². The smallest absolute Gasteiger partial charge is 0.234 e. The Morgan fingerprint density at radius 1 is 0.865 bits per heavy atom. The minimum absolute atomic E-state index is 0.0336. The molecule has 4 aromatic rings. The number of amides is 1. The third kappa shape index (κ3) is 5.75. The predicted octanol–water partition coefficient (Wildman–Crippen LogP) is 4.90. The van der Waals surface area contributed by atoms with Gasteiger partial charge in [-0.25, -0.2) is 4.68 Å². The number of nitrogens with one attached hydrogen (secondary N) is 1. The zero-order valence-electron chi connectivity index (χ0n) is 21.9. The fourth-order valence-corrected chi connectivity index (χ4v) is 4.89. The highest BCUT2D eigenvalue weighted by Gasteiger charge is 2.21. The van der Waals surface area contributed by atoms with E-state index in [1.54, 1.807) is 0 Å². The van der Waals surface area contributed by atoms with E-state index in [0.29, 0.717) is 13.1 Å². The Morgan fingerprint density at radius 2 is 1.59 bits per heavy atom. The van der Waals surface area contributed by atoms with E-state index in [9.17, 15) is 4.79 Å². The summed E-state index contributed by atoms with van der Waals surface area (Å²) in [7, 11) is 0. The molecule has 1 aliphatic heterocycles. The summed E-state index contributed by atoms with van der Waals surface area (Å²) in [4.78, 5) is 17.5. The Bertz CT molecular complexity index is 1350. The molecule has 1 aromatic heterocycles. The molecular weight excluding hydrogens is 458 g/mol. The number of benzene rings is 3. The number of aromatic nitrogens is 2. The molecule has 0 aliphatic carbocycles. The zero-order chi connectivity index (χ0) is 25.8. The number of nitrogens with zero attached hydrogens (tertiary/aromatic N) is 4. The van der Waals surface area contributed by atoms with Crippen LogP contribution in [0.4, 0.5) is 5.69 Å². The molecule has 0 radical (unpaired) electrons. The average molecular weight is 494 g/mol. The SMILES string of the molecule is Cc1ccc(-c2cc(CNC(=O)CN3CCN(c4cccc(C)c4C)CC3)nn2-c2ccccc2)cc1. The van der Waals surface area contributed by atoms with Gasteiger partial charge in [0.25, 0.3) is 0 Å². The lowest BCUT2D eigenvalue weighted by molar-refractivity contribution is -0.122. The van der Waals surface area contributed by atoms with Crippen molar-refractivity contribution in [2.45, 2.75) is 27.3 Å². The highest BCUT2D eigenvalue weighted by Crippen LogP contribution is 2.25. The molecule has 37 heavy (non-hydrogen) atoms. The average Bonchev–Trinajstić information content (AvgIpc) is 3.35. The molecule has 1 fully saturated rings. The van der Waals surface area contributed by atoms with Crippen LogP contribution in [0.3, 0.4) is 0 Å². The molecule has 3 aromatic carbocycles. The van der Waals surface area contributed by atoms with Crippen molar-refractivity contribution < 1.29 is 4.79 Å². The number of para-hydroxylation sites is 1. The molecule has 0 bridgehead atoms. The Morgan fingerprint density at radius 3 is 2.32 bits per heavy atom. The van der Waals surface area contributed by atoms with Gasteiger partial charge in [0.1, 0.15) is 0 Å². The normalized spacial score (nSPS) is 14.1. The first kappa shape index (κ1) is 24.8. The summed E-state index contributed by atoms with van der Waals surface area (Å²) >= 11 is 0. The molecule has 1 saturated heterocycles. The van der Waals surface area contributed by atoms with Crippen LogP contribution in [0.15, 0.2) is 78.9 Å². The maximum atomic E-state index is 12.8. The van der Waals surface area contributed by atoms with Crippen LogP contribution in [0.25, 0.3) is 16.9 Å². The highest BCUT2D eigenvalue weighted by atomic mass is 16.2. The van der Waals surface area contributed by atoms with Crippen molar-refractivity contribution in [1.29, 1.82) is 0 Å². The van der Waals surface area contributed by atoms with Crippen LogP contribution in [-0.4, -0.2) is 53.3 Å². The molecule has 0 saturated carbocycles. The lowest BCUT2D eigenvalue weighted by atomic mass is 10.1. The summed E-state index contributed by atoms with van der Waals surface area (Å²) in [5.74, 6) is 0.0336. The van der Waals surface area contributed by atoms with E-state index >= 15 is 0 Å². The lowest BCUT2D eigenvalue weighted by Gasteiger charge is -2.36. The summed E-state index contributed by atoms with van der Waals surface area (Å²) in [5, 5.41) is 7.93. The topological polar surface area (TPSA) is 53.4 Å². The van der Waals surface area contributed by atoms with Crippen LogP contribution in [0.5, 0.6) is 0 Å². The second kappa shape index (κ2) is 11.0. The first-order valence-electron chi connectivity index (χ1n) is 13.0. The monoisotopic (exact) mass is 493 g/mol. The van der Waals surface area contributed by atoms with Crippen molar-refractivity contribution in [2.75, 3.05) is 37.6 Å². The van der Waals surface area contributed by atoms with Gasteiger partial charge in [0, 0.05) is 37.4 Å². The maximum absolute atomic E-state index is 12.8. The van der Waals surface area contributed by atoms with Gasteiger partial charge in [-0.05, 0) is 56.2 Å². The van der Waals surface area contributed by atoms with Crippen molar-refractivity contribution in [1.82, 2.24) is 20.0 Å². The van der Waals surface area contributed by atoms with Crippen LogP contribution >= 0.6 is 0 Å². The van der Waals surface area contributed by atoms with E-state index in [1.807, 2.05) is 35.0 Å². The third-order valence-electron chi connectivity index (χ3n) is 7.23. The summed E-state index contributed by atoms with van der Waals surface area (Å²) in [6, 6.07) is 27.1. The highest BCUT2D eigenvalue weighted by molar-refractivity contribution is 5.78. The van der Waals surface area contributed by atoms with Crippen molar-refractivity contribution in [3.05, 3.63) is 101 Å². The van der Waals surface area contributed by atoms with Crippen LogP contribution in [0.1, 0.15) is 22.4 Å². The van der Waals surface area contributed by atoms with Gasteiger partial charge in [-0.2, -0.15) is 5.10 Å². The van der Waals surface area contributed by atoms with Crippen LogP contribution in [-0.2, 0) is 11.3 Å². The van der Waals surface area contributed by atoms with Crippen LogP contribution in [0, 0.1) is 20.8 Å². The minimum atomic E-state index is 0.0336. The fourth-order valence-electron chi connectivity index (χ4n) is 4.89. The second-order valence-electron chi connectivity index (χ2n) is 9.89. The summed E-state index contributed by atoms with van der Waals surface area (Å²) in [6.45, 7) is 10.9. The maximum Gasteiger partial charge on any atom is 0.234 e. The van der Waals surface area contributed by atoms with E-state index in [4.69, 9.17) is 5.10 Å². The van der Waals surface area contributed by atoms with Gasteiger partial charge in [-0.1, -0.05) is 60.2 Å². The Balaban J connectivity index is 1.20. The number of hydrogen-bond acceptors (Lipinski definition) is 4. The number of piperazine rings is 1. The molecule has 1 N–H and O–H groups in total. The molecule has 1 aliphatic rings. The van der Waals surface area contributed by atoms with Crippen molar-refractivity contribution in [2.24, 2.45) is 0 Å². The molecule has 0 atom stereocenters. The Labute approximate surface area is 219 Å². The Kier molecular flexibility index (Phi) is 7.37. The van der Waals surface area contributed by atoms with Crippen molar-refractivity contribution in [3.63, 3.8) is 0 Å². The summed E-state index contributed by atoms with van der Waals surface area (Å²) in [6.07, 6.45) is 0. The molecule has 0 unspecified atom stereocenters. The number of hydrogen-bond donors (Lipinski definition) is 1. The molecule has 2 heterocycles. The van der Waals surface area contributed by atoms with Gasteiger partial charge >= 0.3 is 0 Å². The van der Waals surface area contributed by atoms with Crippen molar-refractivity contribution in [3.8, 4) is 16.9 Å². The first-order chi connectivity index (χ1) is 18.0. The van der Waals surface area contributed by atoms with E-state index in [2.05, 4.69) is 84.4 Å². The number of aryl methyl sites for hydroxylation is 2. The van der Waals surface area contributed by atoms with E-state index in [-0.39, 0.29) is 5.91 Å². The second-order valence-corrected chi connectivity index (χ2v) is 9.89. The molecule has 0 spiro atoms. The molecule has 6 heteroatoms. The van der Waals surface area contributed by atoms with Gasteiger partial charge < -0.3 is 10.2 Å². The van der Waals surface area contributed by atoms with Crippen LogP contribution < -0.4 is 10.2 Å². The third-order valence-corrected chi connectivity index (χ3v) is 7.23. The summed E-state index contributed by atoms with van der Waals surface area (Å²) in [5.41, 5.74) is 9.14. The van der Waals surface area contributed by atoms with Gasteiger partial charge in [0.2, 0.25) is 5.91 Å². The Hall–Kier alpha value is -3.90. The first-order valence-corrected chi connectivity index (χ1v) is 13.0. The van der Waals surface area contributed by atoms with Gasteiger partial charge in [0.15, 0.2) is 0 Å². The van der Waals surface area contributed by atoms with E-state index in [0.717, 1.165) is 48.8 Å². The number of carbonyl (C=O) groups excluding carboxylic acids is 1.